The largest absolute Gasteiger partial charge is 0.465 e. The summed E-state index contributed by atoms with van der Waals surface area (Å²) < 4.78 is 5.31. The predicted octanol–water partition coefficient (Wildman–Crippen LogP) is 2.64. The van der Waals surface area contributed by atoms with Crippen LogP contribution in [0.3, 0.4) is 0 Å². The molecule has 0 unspecified atom stereocenters. The monoisotopic (exact) mass is 405 g/mol. The van der Waals surface area contributed by atoms with Crippen molar-refractivity contribution in [1.82, 2.24) is 20.2 Å². The van der Waals surface area contributed by atoms with Crippen molar-refractivity contribution >= 4 is 17.6 Å². The highest BCUT2D eigenvalue weighted by Crippen LogP contribution is 2.21. The van der Waals surface area contributed by atoms with Crippen LogP contribution >= 0.6 is 0 Å². The average Bonchev–Trinajstić information content (AvgIpc) is 3.42. The fourth-order valence-electron chi connectivity index (χ4n) is 3.37. The fraction of sp³-hybridized carbons (Fsp3) is 0.318. The quantitative estimate of drug-likeness (QED) is 0.423. The number of aryl methyl sites for hydroxylation is 1. The smallest absolute Gasteiger partial charge is 0.310 e. The van der Waals surface area contributed by atoms with Gasteiger partial charge in [-0.15, -0.1) is 10.2 Å². The van der Waals surface area contributed by atoms with Crippen LogP contribution in [0.15, 0.2) is 54.6 Å². The summed E-state index contributed by atoms with van der Waals surface area (Å²) in [6, 6.07) is 17.1. The van der Waals surface area contributed by atoms with Crippen LogP contribution in [-0.2, 0) is 27.3 Å². The molecule has 154 valence electrons. The van der Waals surface area contributed by atoms with E-state index >= 15 is 0 Å². The lowest BCUT2D eigenvalue weighted by atomic mass is 10.1. The van der Waals surface area contributed by atoms with Crippen LogP contribution in [0, 0.1) is 0 Å². The number of benzene rings is 2. The van der Waals surface area contributed by atoms with E-state index in [9.17, 15) is 9.59 Å². The second-order valence-electron chi connectivity index (χ2n) is 7.14. The van der Waals surface area contributed by atoms with Crippen LogP contribution in [0.25, 0.3) is 11.4 Å². The minimum Gasteiger partial charge on any atom is -0.465 e. The highest BCUT2D eigenvalue weighted by molar-refractivity contribution is 5.95. The van der Waals surface area contributed by atoms with Gasteiger partial charge in [0.15, 0.2) is 0 Å². The lowest BCUT2D eigenvalue weighted by Crippen LogP contribution is -2.23. The Kier molecular flexibility index (Phi) is 6.12. The van der Waals surface area contributed by atoms with Crippen molar-refractivity contribution in [3.63, 3.8) is 0 Å². The molecule has 0 bridgehead atoms. The Morgan fingerprint density at radius 3 is 2.60 bits per heavy atom. The molecule has 1 aliphatic rings. The summed E-state index contributed by atoms with van der Waals surface area (Å²) in [6.45, 7) is 1.57. The van der Waals surface area contributed by atoms with Gasteiger partial charge in [0.2, 0.25) is 11.7 Å². The Hall–Kier alpha value is -3.55. The van der Waals surface area contributed by atoms with E-state index in [1.165, 1.54) is 4.80 Å². The SMILES string of the molecule is O=C(Cc1ccc(N2CCCC2=O)cc1)OCCCn1nnc(-c2ccccc2)n1. The summed E-state index contributed by atoms with van der Waals surface area (Å²) in [5.41, 5.74) is 2.65. The van der Waals surface area contributed by atoms with Gasteiger partial charge in [-0.2, -0.15) is 4.80 Å². The highest BCUT2D eigenvalue weighted by atomic mass is 16.5. The number of nitrogens with zero attached hydrogens (tertiary/aromatic N) is 5. The average molecular weight is 405 g/mol. The van der Waals surface area contributed by atoms with Gasteiger partial charge in [0.05, 0.1) is 19.6 Å². The molecule has 4 rings (SSSR count). The van der Waals surface area contributed by atoms with Crippen LogP contribution in [0.1, 0.15) is 24.8 Å². The van der Waals surface area contributed by atoms with Crippen LogP contribution in [0.4, 0.5) is 5.69 Å². The summed E-state index contributed by atoms with van der Waals surface area (Å²) in [4.78, 5) is 27.2. The number of rotatable bonds is 8. The number of tetrazole rings is 1. The molecule has 2 heterocycles. The highest BCUT2D eigenvalue weighted by Gasteiger charge is 2.21. The molecule has 0 aliphatic carbocycles. The Morgan fingerprint density at radius 2 is 1.87 bits per heavy atom. The molecule has 1 aliphatic heterocycles. The van der Waals surface area contributed by atoms with Crippen molar-refractivity contribution < 1.29 is 14.3 Å². The number of carbonyl (C=O) groups excluding carboxylic acids is 2. The van der Waals surface area contributed by atoms with E-state index in [1.807, 2.05) is 54.6 Å². The van der Waals surface area contributed by atoms with E-state index in [1.54, 1.807) is 4.90 Å². The second kappa shape index (κ2) is 9.30. The van der Waals surface area contributed by atoms with Crippen LogP contribution in [0.2, 0.25) is 0 Å². The summed E-state index contributed by atoms with van der Waals surface area (Å²) >= 11 is 0. The van der Waals surface area contributed by atoms with Crippen molar-refractivity contribution in [3.8, 4) is 11.4 Å². The number of carbonyl (C=O) groups is 2. The molecule has 8 nitrogen and oxygen atoms in total. The van der Waals surface area contributed by atoms with Crippen molar-refractivity contribution in [2.45, 2.75) is 32.2 Å². The molecule has 1 fully saturated rings. The van der Waals surface area contributed by atoms with Gasteiger partial charge in [-0.3, -0.25) is 9.59 Å². The third-order valence-electron chi connectivity index (χ3n) is 4.92. The van der Waals surface area contributed by atoms with Crippen LogP contribution < -0.4 is 4.90 Å². The van der Waals surface area contributed by atoms with Gasteiger partial charge in [0.1, 0.15) is 0 Å². The Bertz CT molecular complexity index is 1000. The zero-order valence-electron chi connectivity index (χ0n) is 16.6. The van der Waals surface area contributed by atoms with Crippen LogP contribution in [0.5, 0.6) is 0 Å². The third-order valence-corrected chi connectivity index (χ3v) is 4.92. The Morgan fingerprint density at radius 1 is 1.07 bits per heavy atom. The maximum Gasteiger partial charge on any atom is 0.310 e. The van der Waals surface area contributed by atoms with Crippen molar-refractivity contribution in [2.75, 3.05) is 18.1 Å². The molecule has 0 spiro atoms. The van der Waals surface area contributed by atoms with Gasteiger partial charge in [-0.1, -0.05) is 42.5 Å². The number of ether oxygens (including phenoxy) is 1. The summed E-state index contributed by atoms with van der Waals surface area (Å²) in [6.07, 6.45) is 2.30. The molecule has 3 aromatic rings. The number of hydrogen-bond donors (Lipinski definition) is 0. The van der Waals surface area contributed by atoms with Crippen molar-refractivity contribution in [3.05, 3.63) is 60.2 Å². The number of esters is 1. The maximum absolute atomic E-state index is 12.1. The molecule has 1 aromatic heterocycles. The fourth-order valence-corrected chi connectivity index (χ4v) is 3.37. The van der Waals surface area contributed by atoms with Crippen molar-refractivity contribution in [2.24, 2.45) is 0 Å². The van der Waals surface area contributed by atoms with Crippen molar-refractivity contribution in [1.29, 1.82) is 0 Å². The van der Waals surface area contributed by atoms with E-state index in [-0.39, 0.29) is 18.3 Å². The lowest BCUT2D eigenvalue weighted by Gasteiger charge is -2.15. The molecule has 2 aromatic carbocycles. The summed E-state index contributed by atoms with van der Waals surface area (Å²) in [5, 5.41) is 12.4. The molecule has 0 radical (unpaired) electrons. The maximum atomic E-state index is 12.1. The molecule has 8 heteroatoms. The first-order chi connectivity index (χ1) is 14.7. The van der Waals surface area contributed by atoms with Gasteiger partial charge < -0.3 is 9.64 Å². The molecular formula is C22H23N5O3. The van der Waals surface area contributed by atoms with Gasteiger partial charge >= 0.3 is 5.97 Å². The lowest BCUT2D eigenvalue weighted by molar-refractivity contribution is -0.143. The normalized spacial score (nSPS) is 13.6. The number of hydrogen-bond acceptors (Lipinski definition) is 6. The Labute approximate surface area is 174 Å². The molecular weight excluding hydrogens is 382 g/mol. The van der Waals surface area contributed by atoms with E-state index in [0.717, 1.165) is 29.8 Å². The van der Waals surface area contributed by atoms with Gasteiger partial charge in [0.25, 0.3) is 0 Å². The number of amides is 1. The first kappa shape index (κ1) is 19.8. The zero-order chi connectivity index (χ0) is 20.8. The molecule has 0 N–H and O–H groups in total. The third kappa shape index (κ3) is 4.89. The second-order valence-corrected chi connectivity index (χ2v) is 7.14. The Balaban J connectivity index is 1.19. The van der Waals surface area contributed by atoms with Gasteiger partial charge in [-0.25, -0.2) is 0 Å². The molecule has 0 atom stereocenters. The van der Waals surface area contributed by atoms with Gasteiger partial charge in [0, 0.05) is 30.6 Å². The van der Waals surface area contributed by atoms with Crippen LogP contribution in [-0.4, -0.2) is 45.2 Å². The molecule has 30 heavy (non-hydrogen) atoms. The van der Waals surface area contributed by atoms with Gasteiger partial charge in [-0.05, 0) is 29.3 Å². The molecule has 1 saturated heterocycles. The topological polar surface area (TPSA) is 90.2 Å². The van der Waals surface area contributed by atoms with E-state index in [4.69, 9.17) is 4.74 Å². The number of aromatic nitrogens is 4. The standard InChI is InChI=1S/C22H23N5O3/c28-20-8-4-13-26(20)19-11-9-17(10-12-19)16-21(29)30-15-5-14-27-24-22(23-25-27)18-6-2-1-3-7-18/h1-3,6-7,9-12H,4-5,8,13-16H2. The minimum atomic E-state index is -0.281. The minimum absolute atomic E-state index is 0.153. The summed E-state index contributed by atoms with van der Waals surface area (Å²) in [7, 11) is 0. The zero-order valence-corrected chi connectivity index (χ0v) is 16.6. The molecule has 0 saturated carbocycles. The first-order valence-corrected chi connectivity index (χ1v) is 10.1. The van der Waals surface area contributed by atoms with E-state index < -0.39 is 0 Å². The first-order valence-electron chi connectivity index (χ1n) is 10.1. The van der Waals surface area contributed by atoms with E-state index in [2.05, 4.69) is 15.4 Å². The van der Waals surface area contributed by atoms with E-state index in [0.29, 0.717) is 31.8 Å². The number of anilines is 1. The predicted molar refractivity (Wildman–Crippen MR) is 111 cm³/mol. The molecule has 1 amide bonds. The summed E-state index contributed by atoms with van der Waals surface area (Å²) in [5.74, 6) is 0.447.